The summed E-state index contributed by atoms with van der Waals surface area (Å²) in [5.74, 6) is 6.32. The van der Waals surface area contributed by atoms with Crippen LogP contribution in [0.4, 0.5) is 0 Å². The zero-order valence-electron chi connectivity index (χ0n) is 9.16. The zero-order chi connectivity index (χ0) is 11.4. The highest BCUT2D eigenvalue weighted by atomic mass is 79.9. The van der Waals surface area contributed by atoms with Crippen molar-refractivity contribution in [3.8, 4) is 11.8 Å². The molecule has 0 aromatic rings. The van der Waals surface area contributed by atoms with Crippen molar-refractivity contribution in [3.63, 3.8) is 0 Å². The van der Waals surface area contributed by atoms with Crippen molar-refractivity contribution in [1.29, 1.82) is 0 Å². The molecule has 1 saturated carbocycles. The summed E-state index contributed by atoms with van der Waals surface area (Å²) in [5, 5.41) is 0. The first kappa shape index (κ1) is 11.7. The molecule has 0 saturated heterocycles. The van der Waals surface area contributed by atoms with Crippen molar-refractivity contribution < 1.29 is 4.79 Å². The van der Waals surface area contributed by atoms with E-state index in [1.54, 1.807) is 0 Å². The van der Waals surface area contributed by atoms with Crippen LogP contribution in [-0.4, -0.2) is 10.6 Å². The Kier molecular flexibility index (Phi) is 4.01. The summed E-state index contributed by atoms with van der Waals surface area (Å²) in [7, 11) is 0. The predicted octanol–water partition coefficient (Wildman–Crippen LogP) is 3.25. The second-order valence-corrected chi connectivity index (χ2v) is 5.41. The maximum atomic E-state index is 11.9. The second-order valence-electron chi connectivity index (χ2n) is 4.35. The Balaban J connectivity index is 1.96. The Morgan fingerprint density at radius 2 is 1.88 bits per heavy atom. The summed E-state index contributed by atoms with van der Waals surface area (Å²) in [5.41, 5.74) is 0. The van der Waals surface area contributed by atoms with Crippen molar-refractivity contribution in [2.24, 2.45) is 11.8 Å². The molecule has 0 aromatic carbocycles. The second kappa shape index (κ2) is 5.50. The lowest BCUT2D eigenvalue weighted by Gasteiger charge is -2.14. The van der Waals surface area contributed by atoms with E-state index in [2.05, 4.69) is 27.8 Å². The van der Waals surface area contributed by atoms with Crippen LogP contribution in [0.15, 0.2) is 24.3 Å². The number of carbonyl (C=O) groups excluding carboxylic acids is 1. The van der Waals surface area contributed by atoms with E-state index >= 15 is 0 Å². The van der Waals surface area contributed by atoms with Gasteiger partial charge in [-0.05, 0) is 18.8 Å². The third-order valence-electron chi connectivity index (χ3n) is 3.13. The number of hydrogen-bond acceptors (Lipinski definition) is 1. The lowest BCUT2D eigenvalue weighted by atomic mass is 9.96. The van der Waals surface area contributed by atoms with Crippen LogP contribution in [-0.2, 0) is 4.79 Å². The maximum Gasteiger partial charge on any atom is 0.213 e. The molecule has 1 nitrogen and oxygen atoms in total. The van der Waals surface area contributed by atoms with Gasteiger partial charge in [0.05, 0.1) is 5.92 Å². The van der Waals surface area contributed by atoms with Crippen molar-refractivity contribution in [1.82, 2.24) is 0 Å². The van der Waals surface area contributed by atoms with Crippen molar-refractivity contribution in [3.05, 3.63) is 24.3 Å². The average Bonchev–Trinajstić information content (AvgIpc) is 2.79. The molecule has 0 spiro atoms. The van der Waals surface area contributed by atoms with E-state index in [0.29, 0.717) is 5.92 Å². The molecule has 2 heteroatoms. The van der Waals surface area contributed by atoms with Gasteiger partial charge in [-0.1, -0.05) is 59.0 Å². The van der Waals surface area contributed by atoms with E-state index in [9.17, 15) is 4.79 Å². The van der Waals surface area contributed by atoms with Gasteiger partial charge in [0.2, 0.25) is 5.78 Å². The van der Waals surface area contributed by atoms with Gasteiger partial charge in [0.25, 0.3) is 0 Å². The fourth-order valence-corrected chi connectivity index (χ4v) is 2.73. The molecular weight excluding hydrogens is 264 g/mol. The number of halogens is 1. The summed E-state index contributed by atoms with van der Waals surface area (Å²) in [4.78, 5) is 12.0. The molecule has 2 unspecified atom stereocenters. The van der Waals surface area contributed by atoms with Crippen LogP contribution < -0.4 is 0 Å². The van der Waals surface area contributed by atoms with Crippen molar-refractivity contribution in [2.75, 3.05) is 0 Å². The van der Waals surface area contributed by atoms with E-state index in [1.807, 2.05) is 24.3 Å². The summed E-state index contributed by atoms with van der Waals surface area (Å²) >= 11 is 3.48. The fourth-order valence-electron chi connectivity index (χ4n) is 2.14. The number of hydrogen-bond donors (Lipinski definition) is 0. The minimum Gasteiger partial charge on any atom is -0.284 e. The molecule has 0 aliphatic heterocycles. The standard InChI is InChI=1S/C14H15BrO/c15-13-8-4-3-7-12(13)14(16)10-9-11-5-1-2-6-11/h3-4,7-8,11-13H,1-2,5-6H2. The lowest BCUT2D eigenvalue weighted by molar-refractivity contribution is -0.115. The summed E-state index contributed by atoms with van der Waals surface area (Å²) in [6.07, 6.45) is 12.6. The van der Waals surface area contributed by atoms with E-state index in [0.717, 1.165) is 0 Å². The molecule has 2 rings (SSSR count). The summed E-state index contributed by atoms with van der Waals surface area (Å²) in [6.45, 7) is 0. The van der Waals surface area contributed by atoms with Crippen LogP contribution >= 0.6 is 15.9 Å². The van der Waals surface area contributed by atoms with Crippen LogP contribution in [0.1, 0.15) is 25.7 Å². The predicted molar refractivity (Wildman–Crippen MR) is 69.2 cm³/mol. The summed E-state index contributed by atoms with van der Waals surface area (Å²) < 4.78 is 0. The normalized spacial score (nSPS) is 28.8. The smallest absolute Gasteiger partial charge is 0.213 e. The van der Waals surface area contributed by atoms with Crippen molar-refractivity contribution in [2.45, 2.75) is 30.5 Å². The molecule has 1 fully saturated rings. The molecule has 0 N–H and O–H groups in total. The largest absolute Gasteiger partial charge is 0.284 e. The minimum absolute atomic E-state index is 0.0365. The van der Waals surface area contributed by atoms with Gasteiger partial charge in [-0.25, -0.2) is 0 Å². The van der Waals surface area contributed by atoms with Gasteiger partial charge >= 0.3 is 0 Å². The van der Waals surface area contributed by atoms with Gasteiger partial charge in [-0.2, -0.15) is 0 Å². The number of ketones is 1. The molecule has 0 aromatic heterocycles. The molecular formula is C14H15BrO. The van der Waals surface area contributed by atoms with Gasteiger partial charge in [0.1, 0.15) is 0 Å². The number of rotatable bonds is 1. The molecule has 0 radical (unpaired) electrons. The molecule has 2 aliphatic rings. The van der Waals surface area contributed by atoms with Gasteiger partial charge in [0.15, 0.2) is 0 Å². The molecule has 0 amide bonds. The molecule has 84 valence electrons. The van der Waals surface area contributed by atoms with Gasteiger partial charge in [0, 0.05) is 10.7 Å². The minimum atomic E-state index is -0.112. The quantitative estimate of drug-likeness (QED) is 0.409. The van der Waals surface area contributed by atoms with Crippen LogP contribution in [0, 0.1) is 23.7 Å². The molecule has 0 heterocycles. The maximum absolute atomic E-state index is 11.9. The SMILES string of the molecule is O=C(C#CC1CCCC1)C1C=CC=CC1Br. The Bertz CT molecular complexity index is 377. The first-order chi connectivity index (χ1) is 7.77. The van der Waals surface area contributed by atoms with E-state index in [-0.39, 0.29) is 16.5 Å². The Labute approximate surface area is 105 Å². The lowest BCUT2D eigenvalue weighted by Crippen LogP contribution is -2.20. The summed E-state index contributed by atoms with van der Waals surface area (Å²) in [6, 6.07) is 0. The van der Waals surface area contributed by atoms with Gasteiger partial charge in [-0.15, -0.1) is 0 Å². The Morgan fingerprint density at radius 1 is 1.19 bits per heavy atom. The van der Waals surface area contributed by atoms with E-state index in [1.165, 1.54) is 25.7 Å². The highest BCUT2D eigenvalue weighted by molar-refractivity contribution is 9.09. The molecule has 16 heavy (non-hydrogen) atoms. The van der Waals surface area contributed by atoms with Crippen LogP contribution in [0.25, 0.3) is 0 Å². The highest BCUT2D eigenvalue weighted by Gasteiger charge is 2.22. The molecule has 0 bridgehead atoms. The van der Waals surface area contributed by atoms with Gasteiger partial charge in [-0.3, -0.25) is 4.79 Å². The molecule has 2 atom stereocenters. The third kappa shape index (κ3) is 2.86. The highest BCUT2D eigenvalue weighted by Crippen LogP contribution is 2.24. The first-order valence-electron chi connectivity index (χ1n) is 5.82. The number of carbonyl (C=O) groups is 1. The zero-order valence-corrected chi connectivity index (χ0v) is 10.7. The van der Waals surface area contributed by atoms with Crippen LogP contribution in [0.2, 0.25) is 0 Å². The number of allylic oxidation sites excluding steroid dienone is 4. The Morgan fingerprint density at radius 3 is 2.56 bits per heavy atom. The average molecular weight is 279 g/mol. The fraction of sp³-hybridized carbons (Fsp3) is 0.500. The Hall–Kier alpha value is -0.810. The monoisotopic (exact) mass is 278 g/mol. The van der Waals surface area contributed by atoms with E-state index in [4.69, 9.17) is 0 Å². The number of alkyl halides is 1. The third-order valence-corrected chi connectivity index (χ3v) is 4.00. The molecule has 2 aliphatic carbocycles. The van der Waals surface area contributed by atoms with Crippen LogP contribution in [0.3, 0.4) is 0 Å². The van der Waals surface area contributed by atoms with Gasteiger partial charge < -0.3 is 0 Å². The topological polar surface area (TPSA) is 17.1 Å². The first-order valence-corrected chi connectivity index (χ1v) is 6.73. The van der Waals surface area contributed by atoms with Crippen molar-refractivity contribution >= 4 is 21.7 Å². The number of Topliss-reactive ketones (excluding diaryl/α,β-unsaturated/α-hetero) is 1. The van der Waals surface area contributed by atoms with E-state index < -0.39 is 0 Å². The van der Waals surface area contributed by atoms with Crippen LogP contribution in [0.5, 0.6) is 0 Å².